The van der Waals surface area contributed by atoms with E-state index in [0.717, 1.165) is 11.1 Å². The van der Waals surface area contributed by atoms with E-state index in [9.17, 15) is 17.6 Å². The molecular weight excluding hydrogens is 428 g/mol. The minimum Gasteiger partial charge on any atom is -0.491 e. The first-order chi connectivity index (χ1) is 15.9. The van der Waals surface area contributed by atoms with Gasteiger partial charge in [-0.15, -0.1) is 0 Å². The van der Waals surface area contributed by atoms with E-state index in [1.54, 1.807) is 55.5 Å². The molecule has 33 heavy (non-hydrogen) atoms. The summed E-state index contributed by atoms with van der Waals surface area (Å²) in [4.78, 5) is 0. The highest BCUT2D eigenvalue weighted by molar-refractivity contribution is 5.74. The van der Waals surface area contributed by atoms with Gasteiger partial charge in [-0.05, 0) is 41.3 Å². The molecule has 0 heterocycles. The monoisotopic (exact) mass is 448 g/mol. The molecule has 4 rings (SSSR count). The third-order valence-electron chi connectivity index (χ3n) is 5.40. The molecule has 4 aromatic rings. The van der Waals surface area contributed by atoms with Gasteiger partial charge < -0.3 is 4.74 Å². The van der Waals surface area contributed by atoms with Crippen LogP contribution >= 0.6 is 0 Å². The molecule has 0 saturated heterocycles. The molecule has 0 bridgehead atoms. The van der Waals surface area contributed by atoms with E-state index in [4.69, 9.17) is 4.74 Å². The minimum absolute atomic E-state index is 0.108. The highest BCUT2D eigenvalue weighted by Crippen LogP contribution is 2.33. The molecule has 0 radical (unpaired) electrons. The molecular formula is C28H20F4O. The van der Waals surface area contributed by atoms with Gasteiger partial charge in [0.25, 0.3) is 0 Å². The Kier molecular flexibility index (Phi) is 6.31. The van der Waals surface area contributed by atoms with Crippen molar-refractivity contribution in [2.75, 3.05) is 6.61 Å². The number of halogens is 4. The highest BCUT2D eigenvalue weighted by Gasteiger charge is 2.16. The quantitative estimate of drug-likeness (QED) is 0.270. The van der Waals surface area contributed by atoms with Gasteiger partial charge in [0.2, 0.25) is 5.82 Å². The molecule has 166 valence electrons. The summed E-state index contributed by atoms with van der Waals surface area (Å²) in [6.07, 6.45) is 1.27. The number of hydrogen-bond acceptors (Lipinski definition) is 1. The third kappa shape index (κ3) is 4.27. The van der Waals surface area contributed by atoms with Gasteiger partial charge >= 0.3 is 0 Å². The first-order valence-corrected chi connectivity index (χ1v) is 10.4. The predicted molar refractivity (Wildman–Crippen MR) is 124 cm³/mol. The lowest BCUT2D eigenvalue weighted by molar-refractivity contribution is 0.314. The number of benzene rings is 4. The second kappa shape index (κ2) is 9.33. The Morgan fingerprint density at radius 2 is 1.06 bits per heavy atom. The van der Waals surface area contributed by atoms with Crippen molar-refractivity contribution in [1.29, 1.82) is 0 Å². The van der Waals surface area contributed by atoms with Crippen LogP contribution in [0.3, 0.4) is 0 Å². The van der Waals surface area contributed by atoms with Gasteiger partial charge in [0.1, 0.15) is 0 Å². The maximum Gasteiger partial charge on any atom is 0.201 e. The molecule has 5 heteroatoms. The van der Waals surface area contributed by atoms with E-state index in [0.29, 0.717) is 11.1 Å². The van der Waals surface area contributed by atoms with Crippen LogP contribution in [-0.2, 0) is 0 Å². The normalized spacial score (nSPS) is 10.8. The first-order valence-electron chi connectivity index (χ1n) is 10.4. The average molecular weight is 448 g/mol. The Balaban J connectivity index is 1.60. The molecule has 4 aromatic carbocycles. The van der Waals surface area contributed by atoms with Crippen molar-refractivity contribution in [2.24, 2.45) is 0 Å². The molecule has 0 aromatic heterocycles. The largest absolute Gasteiger partial charge is 0.491 e. The summed E-state index contributed by atoms with van der Waals surface area (Å²) in [5.41, 5.74) is 3.14. The fourth-order valence-corrected chi connectivity index (χ4v) is 3.65. The molecule has 0 aliphatic heterocycles. The van der Waals surface area contributed by atoms with Crippen LogP contribution in [0.25, 0.3) is 39.5 Å². The molecule has 0 spiro atoms. The number of hydrogen-bond donors (Lipinski definition) is 0. The van der Waals surface area contributed by atoms with Crippen LogP contribution < -0.4 is 4.74 Å². The van der Waals surface area contributed by atoms with Crippen molar-refractivity contribution in [3.63, 3.8) is 0 Å². The summed E-state index contributed by atoms with van der Waals surface area (Å²) in [7, 11) is 0. The topological polar surface area (TPSA) is 9.23 Å². The Morgan fingerprint density at radius 3 is 1.55 bits per heavy atom. The van der Waals surface area contributed by atoms with Crippen LogP contribution in [0.15, 0.2) is 79.4 Å². The molecule has 1 nitrogen and oxygen atoms in total. The molecule has 0 saturated carbocycles. The summed E-state index contributed by atoms with van der Waals surface area (Å²) in [5, 5.41) is 0. The Hall–Kier alpha value is -3.86. The van der Waals surface area contributed by atoms with Crippen molar-refractivity contribution in [3.05, 3.63) is 108 Å². The van der Waals surface area contributed by atoms with Crippen molar-refractivity contribution >= 4 is 6.08 Å². The molecule has 0 unspecified atom stereocenters. The standard InChI is InChI=1S/C28H20F4O/c1-3-17-13-14-22(26(30)25(17)29)20-9-5-18(6-10-20)19-7-11-21(12-8-19)23-15-16-24(33-4-2)28(32)27(23)31/h3,5-16H,1,4H2,2H3. The molecule has 0 atom stereocenters. The van der Waals surface area contributed by atoms with Crippen molar-refractivity contribution in [3.8, 4) is 39.1 Å². The molecule has 0 aliphatic carbocycles. The third-order valence-corrected chi connectivity index (χ3v) is 5.40. The maximum atomic E-state index is 14.5. The Labute approximate surface area is 189 Å². The SMILES string of the molecule is C=Cc1ccc(-c2ccc(-c3ccc(-c4ccc(OCC)c(F)c4F)cc3)cc2)c(F)c1F. The van der Waals surface area contributed by atoms with Gasteiger partial charge in [-0.2, -0.15) is 4.39 Å². The predicted octanol–water partition coefficient (Wildman–Crippen LogP) is 8.29. The van der Waals surface area contributed by atoms with E-state index >= 15 is 0 Å². The lowest BCUT2D eigenvalue weighted by Crippen LogP contribution is -1.98. The smallest absolute Gasteiger partial charge is 0.201 e. The zero-order valence-electron chi connectivity index (χ0n) is 17.8. The molecule has 0 fully saturated rings. The zero-order chi connectivity index (χ0) is 23.5. The fraction of sp³-hybridized carbons (Fsp3) is 0.0714. The zero-order valence-corrected chi connectivity index (χ0v) is 17.8. The van der Waals surface area contributed by atoms with Gasteiger partial charge in [0.05, 0.1) is 6.61 Å². The highest BCUT2D eigenvalue weighted by atomic mass is 19.2. The summed E-state index contributed by atoms with van der Waals surface area (Å²) in [5.74, 6) is -3.95. The summed E-state index contributed by atoms with van der Waals surface area (Å²) in [6.45, 7) is 5.41. The van der Waals surface area contributed by atoms with Crippen LogP contribution in [-0.4, -0.2) is 6.61 Å². The van der Waals surface area contributed by atoms with E-state index in [1.165, 1.54) is 30.3 Å². The van der Waals surface area contributed by atoms with Crippen LogP contribution in [0.1, 0.15) is 12.5 Å². The summed E-state index contributed by atoms with van der Waals surface area (Å²) < 4.78 is 62.3. The van der Waals surface area contributed by atoms with Crippen LogP contribution in [0.2, 0.25) is 0 Å². The van der Waals surface area contributed by atoms with Gasteiger partial charge in [-0.3, -0.25) is 0 Å². The lowest BCUT2D eigenvalue weighted by atomic mass is 9.97. The van der Waals surface area contributed by atoms with Crippen molar-refractivity contribution < 1.29 is 22.3 Å². The van der Waals surface area contributed by atoms with Crippen LogP contribution in [0.5, 0.6) is 5.75 Å². The van der Waals surface area contributed by atoms with Crippen molar-refractivity contribution in [1.82, 2.24) is 0 Å². The molecule has 0 aliphatic rings. The second-order valence-corrected chi connectivity index (χ2v) is 7.36. The van der Waals surface area contributed by atoms with Gasteiger partial charge in [-0.1, -0.05) is 73.3 Å². The van der Waals surface area contributed by atoms with Gasteiger partial charge in [0.15, 0.2) is 23.2 Å². The Morgan fingerprint density at radius 1 is 0.606 bits per heavy atom. The van der Waals surface area contributed by atoms with Crippen LogP contribution in [0, 0.1) is 23.3 Å². The Bertz CT molecular complexity index is 1310. The first kappa shape index (κ1) is 22.3. The maximum absolute atomic E-state index is 14.5. The summed E-state index contributed by atoms with van der Waals surface area (Å²) in [6, 6.07) is 19.9. The second-order valence-electron chi connectivity index (χ2n) is 7.36. The van der Waals surface area contributed by atoms with E-state index in [1.807, 2.05) is 0 Å². The number of ether oxygens (including phenoxy) is 1. The van der Waals surface area contributed by atoms with E-state index in [-0.39, 0.29) is 29.0 Å². The average Bonchev–Trinajstić information content (AvgIpc) is 2.84. The fourth-order valence-electron chi connectivity index (χ4n) is 3.65. The lowest BCUT2D eigenvalue weighted by Gasteiger charge is -2.10. The van der Waals surface area contributed by atoms with Crippen molar-refractivity contribution in [2.45, 2.75) is 6.92 Å². The molecule has 0 N–H and O–H groups in total. The summed E-state index contributed by atoms with van der Waals surface area (Å²) >= 11 is 0. The molecule has 0 amide bonds. The van der Waals surface area contributed by atoms with Gasteiger partial charge in [0, 0.05) is 16.7 Å². The number of rotatable bonds is 6. The minimum atomic E-state index is -1.01. The van der Waals surface area contributed by atoms with Crippen LogP contribution in [0.4, 0.5) is 17.6 Å². The van der Waals surface area contributed by atoms with E-state index < -0.39 is 23.3 Å². The van der Waals surface area contributed by atoms with E-state index in [2.05, 4.69) is 6.58 Å². The van der Waals surface area contributed by atoms with Gasteiger partial charge in [-0.25, -0.2) is 13.2 Å².